The summed E-state index contributed by atoms with van der Waals surface area (Å²) < 4.78 is 13.0. The molecule has 2 rings (SSSR count). The fourth-order valence-electron chi connectivity index (χ4n) is 1.90. The number of nitrogens with one attached hydrogen (secondary N) is 2. The molecule has 0 atom stereocenters. The van der Waals surface area contributed by atoms with Gasteiger partial charge < -0.3 is 10.3 Å². The number of aromatic amines is 1. The fourth-order valence-corrected chi connectivity index (χ4v) is 1.90. The van der Waals surface area contributed by atoms with Gasteiger partial charge in [-0.15, -0.1) is 0 Å². The molecular weight excluding hydrogens is 245 g/mol. The van der Waals surface area contributed by atoms with Crippen LogP contribution in [-0.2, 0) is 11.2 Å². The number of amides is 1. The Kier molecular flexibility index (Phi) is 4.49. The Balaban J connectivity index is 1.86. The van der Waals surface area contributed by atoms with Crippen LogP contribution in [0.5, 0.6) is 0 Å². The normalized spacial score (nSPS) is 10.8. The minimum Gasteiger partial charge on any atom is -0.356 e. The highest BCUT2D eigenvalue weighted by Crippen LogP contribution is 2.12. The van der Waals surface area contributed by atoms with Crippen molar-refractivity contribution in [2.24, 2.45) is 0 Å². The van der Waals surface area contributed by atoms with Crippen molar-refractivity contribution in [1.82, 2.24) is 15.3 Å². The standard InChI is InChI=1S/C14H18FN3O/c1-2-3-4-14(19)16-8-7-13-17-11-6-5-10(15)9-12(11)18-13/h5-6,9H,2-4,7-8H2,1H3,(H,16,19)(H,17,18). The van der Waals surface area contributed by atoms with Crippen molar-refractivity contribution in [1.29, 1.82) is 0 Å². The number of nitrogens with zero attached hydrogens (tertiary/aromatic N) is 1. The Morgan fingerprint density at radius 1 is 1.47 bits per heavy atom. The first kappa shape index (κ1) is 13.5. The molecule has 19 heavy (non-hydrogen) atoms. The number of unbranched alkanes of at least 4 members (excludes halogenated alkanes) is 1. The van der Waals surface area contributed by atoms with Crippen LogP contribution in [0.25, 0.3) is 11.0 Å². The topological polar surface area (TPSA) is 57.8 Å². The van der Waals surface area contributed by atoms with E-state index in [1.54, 1.807) is 6.07 Å². The van der Waals surface area contributed by atoms with Crippen LogP contribution in [0.2, 0.25) is 0 Å². The number of aromatic nitrogens is 2. The lowest BCUT2D eigenvalue weighted by Crippen LogP contribution is -2.25. The Bertz CT molecular complexity index is 565. The smallest absolute Gasteiger partial charge is 0.220 e. The molecule has 0 saturated carbocycles. The third-order valence-corrected chi connectivity index (χ3v) is 2.93. The quantitative estimate of drug-likeness (QED) is 0.841. The average molecular weight is 263 g/mol. The number of H-pyrrole nitrogens is 1. The van der Waals surface area contributed by atoms with E-state index in [4.69, 9.17) is 0 Å². The van der Waals surface area contributed by atoms with Crippen LogP contribution in [0.1, 0.15) is 32.0 Å². The zero-order valence-electron chi connectivity index (χ0n) is 11.0. The van der Waals surface area contributed by atoms with E-state index in [0.717, 1.165) is 24.2 Å². The number of hydrogen-bond acceptors (Lipinski definition) is 2. The molecule has 1 aromatic heterocycles. The summed E-state index contributed by atoms with van der Waals surface area (Å²) in [4.78, 5) is 18.8. The predicted molar refractivity (Wildman–Crippen MR) is 72.3 cm³/mol. The molecule has 1 aromatic carbocycles. The number of rotatable bonds is 6. The van der Waals surface area contributed by atoms with Gasteiger partial charge in [0.25, 0.3) is 0 Å². The van der Waals surface area contributed by atoms with Gasteiger partial charge in [0.2, 0.25) is 5.91 Å². The number of hydrogen-bond donors (Lipinski definition) is 2. The lowest BCUT2D eigenvalue weighted by Gasteiger charge is -2.02. The lowest BCUT2D eigenvalue weighted by atomic mass is 10.2. The first-order valence-electron chi connectivity index (χ1n) is 6.60. The molecule has 1 amide bonds. The molecule has 0 aliphatic heterocycles. The van der Waals surface area contributed by atoms with Gasteiger partial charge in [0, 0.05) is 19.4 Å². The third kappa shape index (κ3) is 3.77. The second-order valence-corrected chi connectivity index (χ2v) is 4.55. The molecular formula is C14H18FN3O. The van der Waals surface area contributed by atoms with E-state index in [0.29, 0.717) is 24.9 Å². The van der Waals surface area contributed by atoms with E-state index < -0.39 is 0 Å². The van der Waals surface area contributed by atoms with Crippen molar-refractivity contribution in [3.8, 4) is 0 Å². The van der Waals surface area contributed by atoms with Gasteiger partial charge in [0.15, 0.2) is 0 Å². The maximum absolute atomic E-state index is 13.0. The highest BCUT2D eigenvalue weighted by Gasteiger charge is 2.05. The van der Waals surface area contributed by atoms with E-state index in [9.17, 15) is 9.18 Å². The minimum absolute atomic E-state index is 0.0732. The predicted octanol–water partition coefficient (Wildman–Crippen LogP) is 2.55. The van der Waals surface area contributed by atoms with Gasteiger partial charge in [-0.3, -0.25) is 4.79 Å². The maximum Gasteiger partial charge on any atom is 0.220 e. The SMILES string of the molecule is CCCCC(=O)NCCc1nc2ccc(F)cc2[nH]1. The van der Waals surface area contributed by atoms with E-state index in [2.05, 4.69) is 22.2 Å². The van der Waals surface area contributed by atoms with E-state index in [1.165, 1.54) is 12.1 Å². The summed E-state index contributed by atoms with van der Waals surface area (Å²) in [6.07, 6.45) is 3.12. The van der Waals surface area contributed by atoms with Crippen LogP contribution in [0.4, 0.5) is 4.39 Å². The molecule has 1 heterocycles. The summed E-state index contributed by atoms with van der Waals surface area (Å²) in [5, 5.41) is 2.85. The minimum atomic E-state index is -0.282. The second kappa shape index (κ2) is 6.31. The molecule has 0 radical (unpaired) electrons. The van der Waals surface area contributed by atoms with Crippen LogP contribution in [-0.4, -0.2) is 22.4 Å². The summed E-state index contributed by atoms with van der Waals surface area (Å²) in [6.45, 7) is 2.60. The Morgan fingerprint density at radius 2 is 2.32 bits per heavy atom. The zero-order valence-corrected chi connectivity index (χ0v) is 11.0. The van der Waals surface area contributed by atoms with E-state index in [-0.39, 0.29) is 11.7 Å². The van der Waals surface area contributed by atoms with Gasteiger partial charge in [0.05, 0.1) is 11.0 Å². The van der Waals surface area contributed by atoms with Gasteiger partial charge in [-0.2, -0.15) is 0 Å². The van der Waals surface area contributed by atoms with E-state index >= 15 is 0 Å². The summed E-state index contributed by atoms with van der Waals surface area (Å²) in [5.41, 5.74) is 1.43. The van der Waals surface area contributed by atoms with Gasteiger partial charge in [-0.1, -0.05) is 13.3 Å². The van der Waals surface area contributed by atoms with Crippen molar-refractivity contribution in [3.63, 3.8) is 0 Å². The molecule has 0 saturated heterocycles. The number of carbonyl (C=O) groups excluding carboxylic acids is 1. The molecule has 0 aliphatic rings. The summed E-state index contributed by atoms with van der Waals surface area (Å²) in [6, 6.07) is 4.45. The molecule has 2 aromatic rings. The zero-order chi connectivity index (χ0) is 13.7. The molecule has 4 nitrogen and oxygen atoms in total. The third-order valence-electron chi connectivity index (χ3n) is 2.93. The van der Waals surface area contributed by atoms with Crippen molar-refractivity contribution in [2.75, 3.05) is 6.54 Å². The molecule has 2 N–H and O–H groups in total. The molecule has 0 spiro atoms. The van der Waals surface area contributed by atoms with E-state index in [1.807, 2.05) is 0 Å². The van der Waals surface area contributed by atoms with Gasteiger partial charge >= 0.3 is 0 Å². The van der Waals surface area contributed by atoms with Crippen LogP contribution in [0.15, 0.2) is 18.2 Å². The molecule has 5 heteroatoms. The number of carbonyl (C=O) groups is 1. The van der Waals surface area contributed by atoms with Gasteiger partial charge in [-0.25, -0.2) is 9.37 Å². The number of halogens is 1. The Morgan fingerprint density at radius 3 is 3.11 bits per heavy atom. The van der Waals surface area contributed by atoms with Crippen LogP contribution >= 0.6 is 0 Å². The molecule has 0 fully saturated rings. The number of benzene rings is 1. The summed E-state index contributed by atoms with van der Waals surface area (Å²) in [7, 11) is 0. The summed E-state index contributed by atoms with van der Waals surface area (Å²) >= 11 is 0. The van der Waals surface area contributed by atoms with Crippen molar-refractivity contribution in [3.05, 3.63) is 29.8 Å². The van der Waals surface area contributed by atoms with Crippen molar-refractivity contribution < 1.29 is 9.18 Å². The largest absolute Gasteiger partial charge is 0.356 e. The first-order valence-corrected chi connectivity index (χ1v) is 6.60. The van der Waals surface area contributed by atoms with Crippen LogP contribution in [0.3, 0.4) is 0 Å². The molecule has 0 unspecified atom stereocenters. The Hall–Kier alpha value is -1.91. The van der Waals surface area contributed by atoms with Crippen LogP contribution < -0.4 is 5.32 Å². The number of fused-ring (bicyclic) bond motifs is 1. The molecule has 0 bridgehead atoms. The van der Waals surface area contributed by atoms with Gasteiger partial charge in [0.1, 0.15) is 11.6 Å². The Labute approximate surface area is 111 Å². The van der Waals surface area contributed by atoms with Crippen molar-refractivity contribution in [2.45, 2.75) is 32.6 Å². The number of imidazole rings is 1. The second-order valence-electron chi connectivity index (χ2n) is 4.55. The molecule has 0 aliphatic carbocycles. The average Bonchev–Trinajstić information content (AvgIpc) is 2.78. The lowest BCUT2D eigenvalue weighted by molar-refractivity contribution is -0.121. The highest BCUT2D eigenvalue weighted by atomic mass is 19.1. The first-order chi connectivity index (χ1) is 9.19. The van der Waals surface area contributed by atoms with Crippen molar-refractivity contribution >= 4 is 16.9 Å². The molecule has 102 valence electrons. The summed E-state index contributed by atoms with van der Waals surface area (Å²) in [5.74, 6) is 0.552. The maximum atomic E-state index is 13.0. The van der Waals surface area contributed by atoms with Gasteiger partial charge in [-0.05, 0) is 24.6 Å². The highest BCUT2D eigenvalue weighted by molar-refractivity contribution is 5.76. The monoisotopic (exact) mass is 263 g/mol. The van der Waals surface area contributed by atoms with Crippen LogP contribution in [0, 0.1) is 5.82 Å². The fraction of sp³-hybridized carbons (Fsp3) is 0.429.